The van der Waals surface area contributed by atoms with Crippen LogP contribution in [0.2, 0.25) is 0 Å². The molecule has 13 heavy (non-hydrogen) atoms. The lowest BCUT2D eigenvalue weighted by Gasteiger charge is -2.37. The van der Waals surface area contributed by atoms with Gasteiger partial charge in [0.2, 0.25) is 0 Å². The van der Waals surface area contributed by atoms with E-state index < -0.39 is 25.1 Å². The lowest BCUT2D eigenvalue weighted by Crippen LogP contribution is -2.46. The van der Waals surface area contributed by atoms with E-state index in [9.17, 15) is 14.8 Å². The van der Waals surface area contributed by atoms with Crippen molar-refractivity contribution < 1.29 is 14.8 Å². The van der Waals surface area contributed by atoms with Crippen LogP contribution in [0.25, 0.3) is 0 Å². The van der Waals surface area contributed by atoms with Crippen LogP contribution in [0.1, 0.15) is 20.3 Å². The van der Waals surface area contributed by atoms with Crippen molar-refractivity contribution in [1.82, 2.24) is 0 Å². The Hall–Kier alpha value is 0.110. The Kier molecular flexibility index (Phi) is 3.18. The summed E-state index contributed by atoms with van der Waals surface area (Å²) in [6.45, 7) is 3.63. The van der Waals surface area contributed by atoms with Gasteiger partial charge in [-0.2, -0.15) is 0 Å². The Morgan fingerprint density at radius 3 is 2.46 bits per heavy atom. The van der Waals surface area contributed by atoms with Crippen LogP contribution in [0.3, 0.4) is 0 Å². The summed E-state index contributed by atoms with van der Waals surface area (Å²) in [6.07, 6.45) is -0.319. The number of aliphatic hydroxyl groups excluding tert-OH is 2. The third kappa shape index (κ3) is 1.96. The van der Waals surface area contributed by atoms with E-state index in [0.717, 1.165) is 0 Å². The summed E-state index contributed by atoms with van der Waals surface area (Å²) in [5.74, 6) is -0.828. The van der Waals surface area contributed by atoms with Crippen LogP contribution >= 0.6 is 7.14 Å². The first-order valence-corrected chi connectivity index (χ1v) is 6.61. The highest BCUT2D eigenvalue weighted by Gasteiger charge is 2.43. The molecule has 1 aliphatic heterocycles. The molecule has 2 unspecified atom stereocenters. The molecule has 0 bridgehead atoms. The molecule has 1 fully saturated rings. The van der Waals surface area contributed by atoms with Gasteiger partial charge in [-0.25, -0.2) is 0 Å². The van der Waals surface area contributed by atoms with Crippen LogP contribution in [0.5, 0.6) is 0 Å². The zero-order valence-corrected chi connectivity index (χ0v) is 8.95. The van der Waals surface area contributed by atoms with Gasteiger partial charge >= 0.3 is 0 Å². The predicted molar refractivity (Wildman–Crippen MR) is 52.2 cm³/mol. The lowest BCUT2D eigenvalue weighted by atomic mass is 10.1. The Labute approximate surface area is 78.5 Å². The second-order valence-electron chi connectivity index (χ2n) is 4.08. The molecule has 0 amide bonds. The molecule has 1 heterocycles. The largest absolute Gasteiger partial charge is 0.391 e. The van der Waals surface area contributed by atoms with E-state index in [-0.39, 0.29) is 18.2 Å². The molecule has 4 N–H and O–H groups in total. The maximum atomic E-state index is 12.2. The van der Waals surface area contributed by atoms with Crippen LogP contribution in [-0.4, -0.2) is 40.0 Å². The van der Waals surface area contributed by atoms with Crippen molar-refractivity contribution in [3.8, 4) is 0 Å². The van der Waals surface area contributed by atoms with Gasteiger partial charge in [0.1, 0.15) is 13.0 Å². The molecular weight excluding hydrogens is 189 g/mol. The zero-order chi connectivity index (χ0) is 10.2. The van der Waals surface area contributed by atoms with Crippen LogP contribution in [-0.2, 0) is 4.57 Å². The van der Waals surface area contributed by atoms with Crippen molar-refractivity contribution in [3.05, 3.63) is 0 Å². The monoisotopic (exact) mass is 207 g/mol. The molecule has 0 saturated carbocycles. The number of rotatable bonds is 1. The van der Waals surface area contributed by atoms with Crippen LogP contribution in [0.4, 0.5) is 0 Å². The summed E-state index contributed by atoms with van der Waals surface area (Å²) in [7, 11) is -2.64. The molecule has 0 aliphatic carbocycles. The first-order valence-electron chi connectivity index (χ1n) is 4.58. The average Bonchev–Trinajstić information content (AvgIpc) is 2.01. The van der Waals surface area contributed by atoms with E-state index in [1.165, 1.54) is 0 Å². The van der Waals surface area contributed by atoms with Crippen molar-refractivity contribution in [2.24, 2.45) is 5.73 Å². The molecule has 0 spiro atoms. The van der Waals surface area contributed by atoms with Gasteiger partial charge in [-0.1, -0.05) is 13.8 Å². The summed E-state index contributed by atoms with van der Waals surface area (Å²) >= 11 is 0. The van der Waals surface area contributed by atoms with E-state index in [1.807, 2.05) is 13.8 Å². The van der Waals surface area contributed by atoms with Crippen LogP contribution < -0.4 is 5.73 Å². The van der Waals surface area contributed by atoms with Gasteiger partial charge in [0, 0.05) is 17.9 Å². The van der Waals surface area contributed by atoms with E-state index in [4.69, 9.17) is 5.73 Å². The molecule has 0 aromatic carbocycles. The number of hydrogen-bond acceptors (Lipinski definition) is 4. The van der Waals surface area contributed by atoms with Gasteiger partial charge in [-0.05, 0) is 6.42 Å². The maximum absolute atomic E-state index is 12.2. The fraction of sp³-hybridized carbons (Fsp3) is 1.00. The minimum Gasteiger partial charge on any atom is -0.391 e. The normalized spacial score (nSPS) is 46.8. The van der Waals surface area contributed by atoms with Gasteiger partial charge in [0.15, 0.2) is 0 Å². The molecule has 5 heteroatoms. The van der Waals surface area contributed by atoms with Crippen molar-refractivity contribution >= 4 is 7.14 Å². The third-order valence-electron chi connectivity index (χ3n) is 2.83. The fourth-order valence-corrected chi connectivity index (χ4v) is 4.49. The minimum absolute atomic E-state index is 0.0790. The number of aliphatic hydroxyl groups is 2. The Morgan fingerprint density at radius 2 is 2.00 bits per heavy atom. The summed E-state index contributed by atoms with van der Waals surface area (Å²) in [4.78, 5) is 0. The second kappa shape index (κ2) is 3.70. The molecule has 78 valence electrons. The molecule has 0 aromatic rings. The lowest BCUT2D eigenvalue weighted by molar-refractivity contribution is 0.118. The molecule has 1 aliphatic rings. The molecule has 4 atom stereocenters. The van der Waals surface area contributed by atoms with Gasteiger partial charge < -0.3 is 20.5 Å². The summed E-state index contributed by atoms with van der Waals surface area (Å²) < 4.78 is 12.2. The Morgan fingerprint density at radius 1 is 1.46 bits per heavy atom. The Bertz CT molecular complexity index is 231. The van der Waals surface area contributed by atoms with Crippen LogP contribution in [0, 0.1) is 0 Å². The van der Waals surface area contributed by atoms with Gasteiger partial charge in [-0.3, -0.25) is 0 Å². The van der Waals surface area contributed by atoms with E-state index in [2.05, 4.69) is 0 Å². The Balaban J connectivity index is 2.83. The first kappa shape index (κ1) is 11.2. The van der Waals surface area contributed by atoms with Gasteiger partial charge in [-0.15, -0.1) is 0 Å². The van der Waals surface area contributed by atoms with Crippen LogP contribution in [0.15, 0.2) is 0 Å². The van der Waals surface area contributed by atoms with E-state index in [0.29, 0.717) is 0 Å². The molecule has 0 aromatic heterocycles. The predicted octanol–water partition coefficient (Wildman–Crippen LogP) is 0.168. The highest BCUT2D eigenvalue weighted by molar-refractivity contribution is 7.65. The van der Waals surface area contributed by atoms with Crippen molar-refractivity contribution in [1.29, 1.82) is 0 Å². The van der Waals surface area contributed by atoms with E-state index in [1.54, 1.807) is 0 Å². The van der Waals surface area contributed by atoms with Crippen molar-refractivity contribution in [2.45, 2.75) is 43.9 Å². The SMILES string of the molecule is CC(C)P1(=O)C[C@@H](O)[C@@H](N)CC1O. The average molecular weight is 207 g/mol. The standard InChI is InChI=1S/C8H18NO3P/c1-5(2)13(12)4-7(10)6(9)3-8(13)11/h5-8,10-11H,3-4,9H2,1-2H3/t6-,7+,8?,13?/m0/s1. The molecule has 0 radical (unpaired) electrons. The van der Waals surface area contributed by atoms with Crippen molar-refractivity contribution in [3.63, 3.8) is 0 Å². The molecule has 1 rings (SSSR count). The third-order valence-corrected chi connectivity index (χ3v) is 6.74. The molecular formula is C8H18NO3P. The van der Waals surface area contributed by atoms with Gasteiger partial charge in [0.05, 0.1) is 6.10 Å². The highest BCUT2D eigenvalue weighted by Crippen LogP contribution is 2.58. The van der Waals surface area contributed by atoms with Gasteiger partial charge in [0.25, 0.3) is 0 Å². The zero-order valence-electron chi connectivity index (χ0n) is 8.05. The summed E-state index contributed by atoms with van der Waals surface area (Å²) in [6, 6.07) is -0.434. The first-order chi connectivity index (χ1) is 5.88. The topological polar surface area (TPSA) is 83.5 Å². The quantitative estimate of drug-likeness (QED) is 0.535. The number of hydrogen-bond donors (Lipinski definition) is 3. The smallest absolute Gasteiger partial charge is 0.120 e. The maximum Gasteiger partial charge on any atom is 0.120 e. The van der Waals surface area contributed by atoms with Crippen molar-refractivity contribution in [2.75, 3.05) is 6.16 Å². The minimum atomic E-state index is -2.64. The molecule has 4 nitrogen and oxygen atoms in total. The molecule has 1 saturated heterocycles. The summed E-state index contributed by atoms with van der Waals surface area (Å²) in [5, 5.41) is 19.1. The highest BCUT2D eigenvalue weighted by atomic mass is 31.2. The number of nitrogens with two attached hydrogens (primary N) is 1. The fourth-order valence-electron chi connectivity index (χ4n) is 1.68. The second-order valence-corrected chi connectivity index (χ2v) is 7.78. The van der Waals surface area contributed by atoms with E-state index >= 15 is 0 Å². The summed E-state index contributed by atoms with van der Waals surface area (Å²) in [5.41, 5.74) is 5.48.